The standard InChI is InChI=1S/C16H25NO2/c1-4-14(12(2)3)17-11-13-7-5-8-15-16(13)19-10-6-9-18-15/h5,7-8,12,14,17H,4,6,9-11H2,1-3H3. The van der Waals surface area contributed by atoms with Crippen molar-refractivity contribution in [3.63, 3.8) is 0 Å². The summed E-state index contributed by atoms with van der Waals surface area (Å²) in [6.07, 6.45) is 2.09. The van der Waals surface area contributed by atoms with Crippen LogP contribution in [0.15, 0.2) is 18.2 Å². The average Bonchev–Trinajstić information content (AvgIpc) is 2.64. The molecule has 0 fully saturated rings. The molecule has 0 saturated heterocycles. The van der Waals surface area contributed by atoms with Crippen molar-refractivity contribution in [3.05, 3.63) is 23.8 Å². The van der Waals surface area contributed by atoms with Crippen LogP contribution in [0.25, 0.3) is 0 Å². The summed E-state index contributed by atoms with van der Waals surface area (Å²) in [5.74, 6) is 2.45. The molecule has 0 aromatic heterocycles. The Morgan fingerprint density at radius 1 is 1.21 bits per heavy atom. The molecule has 1 N–H and O–H groups in total. The summed E-state index contributed by atoms with van der Waals surface area (Å²) in [6.45, 7) is 9.06. The first kappa shape index (κ1) is 14.2. The van der Waals surface area contributed by atoms with E-state index in [-0.39, 0.29) is 0 Å². The Balaban J connectivity index is 2.08. The van der Waals surface area contributed by atoms with Crippen molar-refractivity contribution in [2.24, 2.45) is 5.92 Å². The van der Waals surface area contributed by atoms with E-state index in [4.69, 9.17) is 9.47 Å². The molecular formula is C16H25NO2. The molecule has 1 aliphatic heterocycles. The van der Waals surface area contributed by atoms with E-state index in [0.29, 0.717) is 12.0 Å². The van der Waals surface area contributed by atoms with Crippen LogP contribution in [0.3, 0.4) is 0 Å². The van der Waals surface area contributed by atoms with Gasteiger partial charge in [-0.2, -0.15) is 0 Å². The second-order valence-electron chi connectivity index (χ2n) is 5.43. The Morgan fingerprint density at radius 2 is 2.00 bits per heavy atom. The number of benzene rings is 1. The van der Waals surface area contributed by atoms with Gasteiger partial charge in [0.15, 0.2) is 11.5 Å². The molecule has 3 nitrogen and oxygen atoms in total. The molecule has 0 spiro atoms. The fourth-order valence-corrected chi connectivity index (χ4v) is 2.49. The van der Waals surface area contributed by atoms with Crippen molar-refractivity contribution >= 4 is 0 Å². The summed E-state index contributed by atoms with van der Waals surface area (Å²) in [5, 5.41) is 3.62. The zero-order valence-electron chi connectivity index (χ0n) is 12.2. The van der Waals surface area contributed by atoms with Gasteiger partial charge in [0.2, 0.25) is 0 Å². The molecule has 1 aliphatic rings. The van der Waals surface area contributed by atoms with E-state index >= 15 is 0 Å². The van der Waals surface area contributed by atoms with Crippen molar-refractivity contribution in [1.82, 2.24) is 5.32 Å². The number of hydrogen-bond donors (Lipinski definition) is 1. The van der Waals surface area contributed by atoms with Gasteiger partial charge in [0.25, 0.3) is 0 Å². The van der Waals surface area contributed by atoms with Gasteiger partial charge in [-0.3, -0.25) is 0 Å². The van der Waals surface area contributed by atoms with Gasteiger partial charge in [-0.05, 0) is 18.4 Å². The van der Waals surface area contributed by atoms with E-state index in [1.54, 1.807) is 0 Å². The lowest BCUT2D eigenvalue weighted by atomic mass is 10.0. The fourth-order valence-electron chi connectivity index (χ4n) is 2.49. The SMILES string of the molecule is CCC(NCc1cccc2c1OCCCO2)C(C)C. The summed E-state index contributed by atoms with van der Waals surface area (Å²) in [5.41, 5.74) is 1.19. The van der Waals surface area contributed by atoms with Crippen molar-refractivity contribution in [3.8, 4) is 11.5 Å². The topological polar surface area (TPSA) is 30.5 Å². The summed E-state index contributed by atoms with van der Waals surface area (Å²) in [6, 6.07) is 6.70. The third kappa shape index (κ3) is 3.63. The Kier molecular flexibility index (Phi) is 5.08. The number of hydrogen-bond acceptors (Lipinski definition) is 3. The zero-order chi connectivity index (χ0) is 13.7. The van der Waals surface area contributed by atoms with E-state index in [1.807, 2.05) is 12.1 Å². The number of ether oxygens (including phenoxy) is 2. The minimum Gasteiger partial charge on any atom is -0.490 e. The predicted octanol–water partition coefficient (Wildman–Crippen LogP) is 3.37. The smallest absolute Gasteiger partial charge is 0.165 e. The van der Waals surface area contributed by atoms with E-state index in [2.05, 4.69) is 32.2 Å². The quantitative estimate of drug-likeness (QED) is 0.883. The van der Waals surface area contributed by atoms with Crippen LogP contribution >= 0.6 is 0 Å². The maximum Gasteiger partial charge on any atom is 0.165 e. The largest absolute Gasteiger partial charge is 0.490 e. The molecule has 0 amide bonds. The Labute approximate surface area is 116 Å². The first-order chi connectivity index (χ1) is 9.22. The van der Waals surface area contributed by atoms with Crippen LogP contribution in [0.4, 0.5) is 0 Å². The summed E-state index contributed by atoms with van der Waals surface area (Å²) in [4.78, 5) is 0. The van der Waals surface area contributed by atoms with Gasteiger partial charge in [-0.15, -0.1) is 0 Å². The molecule has 0 aliphatic carbocycles. The van der Waals surface area contributed by atoms with Gasteiger partial charge in [0, 0.05) is 24.6 Å². The molecule has 1 unspecified atom stereocenters. The number of rotatable bonds is 5. The van der Waals surface area contributed by atoms with E-state index in [1.165, 1.54) is 5.56 Å². The van der Waals surface area contributed by atoms with Crippen LogP contribution in [-0.2, 0) is 6.54 Å². The van der Waals surface area contributed by atoms with Crippen molar-refractivity contribution in [2.75, 3.05) is 13.2 Å². The van der Waals surface area contributed by atoms with Crippen LogP contribution < -0.4 is 14.8 Å². The van der Waals surface area contributed by atoms with Crippen LogP contribution in [-0.4, -0.2) is 19.3 Å². The zero-order valence-corrected chi connectivity index (χ0v) is 12.2. The molecule has 1 atom stereocenters. The molecule has 1 heterocycles. The Bertz CT molecular complexity index is 404. The molecule has 19 heavy (non-hydrogen) atoms. The lowest BCUT2D eigenvalue weighted by molar-refractivity contribution is 0.295. The first-order valence-electron chi connectivity index (χ1n) is 7.33. The number of para-hydroxylation sites is 1. The van der Waals surface area contributed by atoms with Gasteiger partial charge in [-0.1, -0.05) is 32.9 Å². The lowest BCUT2D eigenvalue weighted by Gasteiger charge is -2.22. The van der Waals surface area contributed by atoms with Gasteiger partial charge in [-0.25, -0.2) is 0 Å². The van der Waals surface area contributed by atoms with Crippen LogP contribution in [0.1, 0.15) is 39.2 Å². The fraction of sp³-hybridized carbons (Fsp3) is 0.625. The number of fused-ring (bicyclic) bond motifs is 1. The molecule has 106 valence electrons. The molecule has 1 aromatic carbocycles. The minimum absolute atomic E-state index is 0.544. The van der Waals surface area contributed by atoms with Crippen LogP contribution in [0.2, 0.25) is 0 Å². The van der Waals surface area contributed by atoms with Gasteiger partial charge >= 0.3 is 0 Å². The molecule has 2 rings (SSSR count). The third-order valence-corrected chi connectivity index (χ3v) is 3.65. The lowest BCUT2D eigenvalue weighted by Crippen LogP contribution is -2.32. The molecule has 0 saturated carbocycles. The summed E-state index contributed by atoms with van der Waals surface area (Å²) >= 11 is 0. The normalized spacial score (nSPS) is 16.2. The van der Waals surface area contributed by atoms with Crippen LogP contribution in [0, 0.1) is 5.92 Å². The van der Waals surface area contributed by atoms with E-state index in [9.17, 15) is 0 Å². The highest BCUT2D eigenvalue weighted by atomic mass is 16.5. The van der Waals surface area contributed by atoms with E-state index in [0.717, 1.165) is 44.1 Å². The monoisotopic (exact) mass is 263 g/mol. The van der Waals surface area contributed by atoms with Gasteiger partial charge in [0.1, 0.15) is 0 Å². The molecule has 1 aromatic rings. The van der Waals surface area contributed by atoms with Gasteiger partial charge < -0.3 is 14.8 Å². The molecule has 0 radical (unpaired) electrons. The highest BCUT2D eigenvalue weighted by molar-refractivity contribution is 5.47. The molecule has 3 heteroatoms. The molecular weight excluding hydrogens is 238 g/mol. The van der Waals surface area contributed by atoms with Crippen molar-refractivity contribution < 1.29 is 9.47 Å². The molecule has 0 bridgehead atoms. The first-order valence-corrected chi connectivity index (χ1v) is 7.33. The Morgan fingerprint density at radius 3 is 2.74 bits per heavy atom. The third-order valence-electron chi connectivity index (χ3n) is 3.65. The maximum absolute atomic E-state index is 5.84. The number of nitrogens with one attached hydrogen (secondary N) is 1. The summed E-state index contributed by atoms with van der Waals surface area (Å²) < 4.78 is 11.6. The highest BCUT2D eigenvalue weighted by Crippen LogP contribution is 2.33. The predicted molar refractivity (Wildman–Crippen MR) is 77.8 cm³/mol. The van der Waals surface area contributed by atoms with Gasteiger partial charge in [0.05, 0.1) is 13.2 Å². The minimum atomic E-state index is 0.544. The van der Waals surface area contributed by atoms with Crippen LogP contribution in [0.5, 0.6) is 11.5 Å². The van der Waals surface area contributed by atoms with Crippen molar-refractivity contribution in [1.29, 1.82) is 0 Å². The second-order valence-corrected chi connectivity index (χ2v) is 5.43. The highest BCUT2D eigenvalue weighted by Gasteiger charge is 2.16. The summed E-state index contributed by atoms with van der Waals surface area (Å²) in [7, 11) is 0. The average molecular weight is 263 g/mol. The van der Waals surface area contributed by atoms with E-state index < -0.39 is 0 Å². The maximum atomic E-state index is 5.84. The second kappa shape index (κ2) is 6.80. The van der Waals surface area contributed by atoms with Crippen molar-refractivity contribution in [2.45, 2.75) is 46.2 Å². The Hall–Kier alpha value is -1.22.